The minimum absolute atomic E-state index is 0.0159. The van der Waals surface area contributed by atoms with E-state index in [4.69, 9.17) is 4.74 Å². The standard InChI is InChI=1S/C11H7BrF4N2O/c12-6-3-7-9(18-4-6)8(1-2-17-7)19-5-11(15,16)10(13)14/h1-4,10H,5H2. The Bertz CT molecular complexity index is 594. The molecule has 0 N–H and O–H groups in total. The first-order valence-corrected chi connectivity index (χ1v) is 5.88. The van der Waals surface area contributed by atoms with Crippen LogP contribution in [0.15, 0.2) is 29.0 Å². The summed E-state index contributed by atoms with van der Waals surface area (Å²) in [4.78, 5) is 7.93. The number of halogens is 5. The number of pyridine rings is 2. The van der Waals surface area contributed by atoms with Gasteiger partial charge in [0.1, 0.15) is 11.3 Å². The largest absolute Gasteiger partial charge is 0.485 e. The van der Waals surface area contributed by atoms with Crippen molar-refractivity contribution < 1.29 is 22.3 Å². The van der Waals surface area contributed by atoms with Crippen LogP contribution in [-0.2, 0) is 0 Å². The summed E-state index contributed by atoms with van der Waals surface area (Å²) in [6, 6.07) is 2.91. The molecule has 0 radical (unpaired) electrons. The van der Waals surface area contributed by atoms with Crippen LogP contribution in [0.5, 0.6) is 5.75 Å². The molecular weight excluding hydrogens is 332 g/mol. The highest BCUT2D eigenvalue weighted by atomic mass is 79.9. The van der Waals surface area contributed by atoms with Crippen molar-refractivity contribution in [3.63, 3.8) is 0 Å². The van der Waals surface area contributed by atoms with Crippen LogP contribution in [0, 0.1) is 0 Å². The molecule has 0 saturated heterocycles. The predicted molar refractivity (Wildman–Crippen MR) is 63.7 cm³/mol. The van der Waals surface area contributed by atoms with E-state index in [1.54, 1.807) is 6.07 Å². The number of hydrogen-bond acceptors (Lipinski definition) is 3. The first kappa shape index (κ1) is 14.0. The molecule has 2 aromatic heterocycles. The normalized spacial score (nSPS) is 12.1. The smallest absolute Gasteiger partial charge is 0.340 e. The zero-order chi connectivity index (χ0) is 14.0. The van der Waals surface area contributed by atoms with Gasteiger partial charge < -0.3 is 4.74 Å². The third kappa shape index (κ3) is 3.12. The highest BCUT2D eigenvalue weighted by Crippen LogP contribution is 2.27. The molecule has 2 heterocycles. The van der Waals surface area contributed by atoms with Crippen molar-refractivity contribution in [2.75, 3.05) is 6.61 Å². The highest BCUT2D eigenvalue weighted by molar-refractivity contribution is 9.10. The van der Waals surface area contributed by atoms with Gasteiger partial charge in [-0.2, -0.15) is 8.78 Å². The number of rotatable bonds is 4. The summed E-state index contributed by atoms with van der Waals surface area (Å²) < 4.78 is 55.0. The van der Waals surface area contributed by atoms with Crippen LogP contribution in [0.1, 0.15) is 0 Å². The molecule has 2 aromatic rings. The molecule has 8 heteroatoms. The van der Waals surface area contributed by atoms with Crippen LogP contribution in [0.25, 0.3) is 11.0 Å². The van der Waals surface area contributed by atoms with Gasteiger partial charge in [-0.05, 0) is 22.0 Å². The van der Waals surface area contributed by atoms with Crippen LogP contribution in [0.3, 0.4) is 0 Å². The molecular formula is C11H7BrF4N2O. The Balaban J connectivity index is 2.26. The van der Waals surface area contributed by atoms with Gasteiger partial charge in [0, 0.05) is 22.9 Å². The van der Waals surface area contributed by atoms with Crippen LogP contribution in [0.4, 0.5) is 17.6 Å². The molecule has 0 aromatic carbocycles. The third-order valence-electron chi connectivity index (χ3n) is 2.25. The summed E-state index contributed by atoms with van der Waals surface area (Å²) >= 11 is 3.18. The van der Waals surface area contributed by atoms with Crippen LogP contribution >= 0.6 is 15.9 Å². The fourth-order valence-corrected chi connectivity index (χ4v) is 1.65. The summed E-state index contributed by atoms with van der Waals surface area (Å²) in [5, 5.41) is 0. The zero-order valence-electron chi connectivity index (χ0n) is 9.29. The second-order valence-corrected chi connectivity index (χ2v) is 4.60. The summed E-state index contributed by atoms with van der Waals surface area (Å²) in [6.07, 6.45) is -1.02. The molecule has 0 amide bonds. The third-order valence-corrected chi connectivity index (χ3v) is 2.68. The fourth-order valence-electron chi connectivity index (χ4n) is 1.33. The van der Waals surface area contributed by atoms with E-state index in [1.165, 1.54) is 18.5 Å². The van der Waals surface area contributed by atoms with Crippen molar-refractivity contribution >= 4 is 27.0 Å². The summed E-state index contributed by atoms with van der Waals surface area (Å²) in [5.74, 6) is -4.22. The maximum absolute atomic E-state index is 12.8. The van der Waals surface area contributed by atoms with Gasteiger partial charge in [0.25, 0.3) is 0 Å². The minimum atomic E-state index is -4.20. The first-order valence-electron chi connectivity index (χ1n) is 5.09. The maximum atomic E-state index is 12.8. The molecule has 0 spiro atoms. The highest BCUT2D eigenvalue weighted by Gasteiger charge is 2.41. The van der Waals surface area contributed by atoms with Gasteiger partial charge in [0.15, 0.2) is 6.61 Å². The molecule has 3 nitrogen and oxygen atoms in total. The Morgan fingerprint density at radius 1 is 1.32 bits per heavy atom. The van der Waals surface area contributed by atoms with Gasteiger partial charge in [-0.3, -0.25) is 4.98 Å². The number of ether oxygens (including phenoxy) is 1. The van der Waals surface area contributed by atoms with Gasteiger partial charge in [0.05, 0.1) is 5.52 Å². The molecule has 0 fully saturated rings. The van der Waals surface area contributed by atoms with E-state index in [9.17, 15) is 17.6 Å². The maximum Gasteiger partial charge on any atom is 0.340 e. The molecule has 0 aliphatic carbocycles. The molecule has 0 bridgehead atoms. The van der Waals surface area contributed by atoms with Crippen molar-refractivity contribution in [2.45, 2.75) is 12.3 Å². The van der Waals surface area contributed by atoms with Crippen LogP contribution < -0.4 is 4.74 Å². The second-order valence-electron chi connectivity index (χ2n) is 3.68. The Labute approximate surface area is 113 Å². The van der Waals surface area contributed by atoms with Crippen LogP contribution in [0.2, 0.25) is 0 Å². The number of aromatic nitrogens is 2. The van der Waals surface area contributed by atoms with E-state index < -0.39 is 19.0 Å². The van der Waals surface area contributed by atoms with Crippen LogP contribution in [-0.4, -0.2) is 28.9 Å². The average molecular weight is 339 g/mol. The van der Waals surface area contributed by atoms with Gasteiger partial charge in [-0.1, -0.05) is 0 Å². The monoisotopic (exact) mass is 338 g/mol. The van der Waals surface area contributed by atoms with E-state index in [2.05, 4.69) is 25.9 Å². The summed E-state index contributed by atoms with van der Waals surface area (Å²) in [6.45, 7) is -1.42. The first-order chi connectivity index (χ1) is 8.90. The van der Waals surface area contributed by atoms with Crippen molar-refractivity contribution in [1.82, 2.24) is 9.97 Å². The lowest BCUT2D eigenvalue weighted by atomic mass is 10.3. The molecule has 0 unspecified atom stereocenters. The number of nitrogens with zero attached hydrogens (tertiary/aromatic N) is 2. The fraction of sp³-hybridized carbons (Fsp3) is 0.273. The van der Waals surface area contributed by atoms with Gasteiger partial charge >= 0.3 is 12.3 Å². The van der Waals surface area contributed by atoms with Gasteiger partial charge in [0.2, 0.25) is 0 Å². The van der Waals surface area contributed by atoms with E-state index in [-0.39, 0.29) is 11.3 Å². The SMILES string of the molecule is FC(F)C(F)(F)COc1ccnc2cc(Br)cnc12. The summed E-state index contributed by atoms with van der Waals surface area (Å²) in [5.41, 5.74) is 0.642. The summed E-state index contributed by atoms with van der Waals surface area (Å²) in [7, 11) is 0. The van der Waals surface area contributed by atoms with E-state index in [0.717, 1.165) is 0 Å². The quantitative estimate of drug-likeness (QED) is 0.798. The minimum Gasteiger partial charge on any atom is -0.485 e. The predicted octanol–water partition coefficient (Wildman–Crippen LogP) is 3.67. The van der Waals surface area contributed by atoms with E-state index in [1.807, 2.05) is 0 Å². The molecule has 19 heavy (non-hydrogen) atoms. The van der Waals surface area contributed by atoms with Gasteiger partial charge in [-0.15, -0.1) is 0 Å². The average Bonchev–Trinajstić information content (AvgIpc) is 2.35. The van der Waals surface area contributed by atoms with Crippen molar-refractivity contribution in [2.24, 2.45) is 0 Å². The van der Waals surface area contributed by atoms with E-state index >= 15 is 0 Å². The van der Waals surface area contributed by atoms with Crippen molar-refractivity contribution in [3.05, 3.63) is 29.0 Å². The Morgan fingerprint density at radius 3 is 2.74 bits per heavy atom. The molecule has 102 valence electrons. The Hall–Kier alpha value is -1.44. The topological polar surface area (TPSA) is 35.0 Å². The Morgan fingerprint density at radius 2 is 2.05 bits per heavy atom. The molecule has 0 atom stereocenters. The number of alkyl halides is 4. The lowest BCUT2D eigenvalue weighted by Crippen LogP contribution is -2.33. The van der Waals surface area contributed by atoms with Crippen molar-refractivity contribution in [1.29, 1.82) is 0 Å². The lowest BCUT2D eigenvalue weighted by molar-refractivity contribution is -0.148. The number of hydrogen-bond donors (Lipinski definition) is 0. The zero-order valence-corrected chi connectivity index (χ0v) is 10.9. The molecule has 2 rings (SSSR count). The number of fused-ring (bicyclic) bond motifs is 1. The molecule has 0 aliphatic heterocycles. The van der Waals surface area contributed by atoms with Crippen molar-refractivity contribution in [3.8, 4) is 5.75 Å². The lowest BCUT2D eigenvalue weighted by Gasteiger charge is -2.16. The molecule has 0 saturated carbocycles. The Kier molecular flexibility index (Phi) is 3.88. The van der Waals surface area contributed by atoms with E-state index in [0.29, 0.717) is 9.99 Å². The van der Waals surface area contributed by atoms with Gasteiger partial charge in [-0.25, -0.2) is 13.8 Å². The second kappa shape index (κ2) is 5.28. The molecule has 0 aliphatic rings.